The maximum atomic E-state index is 13.5. The van der Waals surface area contributed by atoms with E-state index >= 15 is 0 Å². The molecule has 2 heterocycles. The fourth-order valence-electron chi connectivity index (χ4n) is 4.77. The van der Waals surface area contributed by atoms with Crippen LogP contribution >= 0.6 is 11.3 Å². The van der Waals surface area contributed by atoms with Crippen LogP contribution in [0.1, 0.15) is 28.3 Å². The van der Waals surface area contributed by atoms with E-state index in [9.17, 15) is 14.7 Å². The van der Waals surface area contributed by atoms with Crippen LogP contribution in [0.2, 0.25) is 0 Å². The number of hydrogen-bond donors (Lipinski definition) is 1. The fourth-order valence-corrected chi connectivity index (χ4v) is 5.44. The fraction of sp³-hybridized carbons (Fsp3) is 0.194. The minimum atomic E-state index is -1.01. The van der Waals surface area contributed by atoms with Gasteiger partial charge in [0.25, 0.3) is 5.78 Å². The number of hydrogen-bond acceptors (Lipinski definition) is 9. The number of Topliss-reactive ketones (excluding diaryl/α,β-unsaturated/α-hetero) is 1. The number of rotatable bonds is 9. The van der Waals surface area contributed by atoms with E-state index in [1.165, 1.54) is 37.6 Å². The Morgan fingerprint density at radius 1 is 0.976 bits per heavy atom. The van der Waals surface area contributed by atoms with Crippen molar-refractivity contribution in [3.63, 3.8) is 0 Å². The van der Waals surface area contributed by atoms with Gasteiger partial charge in [-0.05, 0) is 54.4 Å². The largest absolute Gasteiger partial charge is 0.507 e. The standard InChI is InChI=1S/C31H28N2O7S/c1-18-6-5-7-19(14-18)17-40-22-10-8-20(9-11-22)27(34)25-26(33(30(36)28(25)35)31-32-12-13-41-31)21-15-23(37-2)29(39-4)24(16-21)38-3/h5-16,26,34H,17H2,1-4H3/b27-25+. The molecule has 0 saturated carbocycles. The molecule has 1 aromatic heterocycles. The number of anilines is 1. The predicted octanol–water partition coefficient (Wildman–Crippen LogP) is 5.68. The van der Waals surface area contributed by atoms with Crippen LogP contribution in [-0.2, 0) is 16.2 Å². The summed E-state index contributed by atoms with van der Waals surface area (Å²) in [4.78, 5) is 32.4. The number of aliphatic hydroxyl groups excluding tert-OH is 1. The molecule has 1 atom stereocenters. The van der Waals surface area contributed by atoms with Gasteiger partial charge in [0, 0.05) is 17.1 Å². The number of nitrogens with zero attached hydrogens (tertiary/aromatic N) is 2. The van der Waals surface area contributed by atoms with Gasteiger partial charge in [-0.2, -0.15) is 0 Å². The van der Waals surface area contributed by atoms with E-state index in [-0.39, 0.29) is 11.3 Å². The average molecular weight is 573 g/mol. The number of aryl methyl sites for hydroxylation is 1. The van der Waals surface area contributed by atoms with Crippen LogP contribution in [0.25, 0.3) is 5.76 Å². The van der Waals surface area contributed by atoms with Crippen LogP contribution in [-0.4, -0.2) is 43.1 Å². The zero-order valence-corrected chi connectivity index (χ0v) is 23.7. The number of carbonyl (C=O) groups is 2. The van der Waals surface area contributed by atoms with Gasteiger partial charge < -0.3 is 24.1 Å². The lowest BCUT2D eigenvalue weighted by atomic mass is 9.94. The maximum Gasteiger partial charge on any atom is 0.301 e. The molecule has 3 aromatic carbocycles. The number of aromatic nitrogens is 1. The van der Waals surface area contributed by atoms with Crippen molar-refractivity contribution in [2.75, 3.05) is 26.2 Å². The van der Waals surface area contributed by atoms with Gasteiger partial charge in [0.1, 0.15) is 18.1 Å². The highest BCUT2D eigenvalue weighted by atomic mass is 32.1. The quantitative estimate of drug-likeness (QED) is 0.155. The molecule has 5 rings (SSSR count). The predicted molar refractivity (Wildman–Crippen MR) is 155 cm³/mol. The first kappa shape index (κ1) is 27.7. The van der Waals surface area contributed by atoms with E-state index in [2.05, 4.69) is 4.98 Å². The maximum absolute atomic E-state index is 13.5. The summed E-state index contributed by atoms with van der Waals surface area (Å²) in [5.74, 6) is -0.358. The molecule has 1 unspecified atom stereocenters. The van der Waals surface area contributed by atoms with Gasteiger partial charge in [0.2, 0.25) is 5.75 Å². The highest BCUT2D eigenvalue weighted by molar-refractivity contribution is 7.14. The molecule has 1 N–H and O–H groups in total. The molecule has 41 heavy (non-hydrogen) atoms. The Morgan fingerprint density at radius 2 is 1.68 bits per heavy atom. The monoisotopic (exact) mass is 572 g/mol. The van der Waals surface area contributed by atoms with Crippen molar-refractivity contribution in [3.05, 3.63) is 100 Å². The zero-order chi connectivity index (χ0) is 29.1. The van der Waals surface area contributed by atoms with Crippen LogP contribution in [0.4, 0.5) is 5.13 Å². The second kappa shape index (κ2) is 11.7. The summed E-state index contributed by atoms with van der Waals surface area (Å²) in [6.45, 7) is 2.40. The Bertz CT molecular complexity index is 1590. The van der Waals surface area contributed by atoms with Crippen molar-refractivity contribution >= 4 is 33.9 Å². The number of benzene rings is 3. The van der Waals surface area contributed by atoms with Crippen LogP contribution in [0.5, 0.6) is 23.0 Å². The second-order valence-electron chi connectivity index (χ2n) is 9.24. The van der Waals surface area contributed by atoms with Gasteiger partial charge in [0.05, 0.1) is 32.9 Å². The van der Waals surface area contributed by atoms with Crippen molar-refractivity contribution in [2.24, 2.45) is 0 Å². The highest BCUT2D eigenvalue weighted by Crippen LogP contribution is 2.47. The average Bonchev–Trinajstić information content (AvgIpc) is 3.61. The lowest BCUT2D eigenvalue weighted by Gasteiger charge is -2.24. The van der Waals surface area contributed by atoms with E-state index in [0.29, 0.717) is 45.9 Å². The van der Waals surface area contributed by atoms with E-state index in [1.54, 1.807) is 48.0 Å². The number of amides is 1. The molecule has 1 saturated heterocycles. The Balaban J connectivity index is 1.56. The van der Waals surface area contributed by atoms with Gasteiger partial charge in [-0.1, -0.05) is 29.8 Å². The Kier molecular flexibility index (Phi) is 7.93. The molecule has 0 spiro atoms. The van der Waals surface area contributed by atoms with Crippen LogP contribution in [0.15, 0.2) is 77.8 Å². The molecule has 1 aliphatic rings. The zero-order valence-electron chi connectivity index (χ0n) is 22.9. The highest BCUT2D eigenvalue weighted by Gasteiger charge is 2.48. The number of aliphatic hydroxyl groups is 1. The molecule has 1 amide bonds. The third-order valence-electron chi connectivity index (χ3n) is 6.69. The molecule has 210 valence electrons. The lowest BCUT2D eigenvalue weighted by Crippen LogP contribution is -2.29. The first-order chi connectivity index (χ1) is 19.9. The van der Waals surface area contributed by atoms with Crippen molar-refractivity contribution in [1.82, 2.24) is 4.98 Å². The van der Waals surface area contributed by atoms with Gasteiger partial charge in [-0.25, -0.2) is 4.98 Å². The summed E-state index contributed by atoms with van der Waals surface area (Å²) in [6, 6.07) is 17.0. The van der Waals surface area contributed by atoms with E-state index < -0.39 is 17.7 Å². The van der Waals surface area contributed by atoms with Crippen LogP contribution in [0, 0.1) is 6.92 Å². The Labute approximate surface area is 241 Å². The lowest BCUT2D eigenvalue weighted by molar-refractivity contribution is -0.132. The molecule has 1 aliphatic heterocycles. The third-order valence-corrected chi connectivity index (χ3v) is 7.46. The first-order valence-electron chi connectivity index (χ1n) is 12.7. The number of methoxy groups -OCH3 is 3. The molecule has 0 bridgehead atoms. The van der Waals surface area contributed by atoms with Crippen molar-refractivity contribution < 1.29 is 33.6 Å². The van der Waals surface area contributed by atoms with Gasteiger partial charge in [-0.3, -0.25) is 14.5 Å². The van der Waals surface area contributed by atoms with Crippen molar-refractivity contribution in [3.8, 4) is 23.0 Å². The second-order valence-corrected chi connectivity index (χ2v) is 10.1. The number of carbonyl (C=O) groups excluding carboxylic acids is 2. The molecule has 1 fully saturated rings. The van der Waals surface area contributed by atoms with Gasteiger partial charge in [-0.15, -0.1) is 11.3 Å². The first-order valence-corrected chi connectivity index (χ1v) is 13.5. The molecular formula is C31H28N2O7S. The normalized spacial score (nSPS) is 16.1. The minimum Gasteiger partial charge on any atom is -0.507 e. The SMILES string of the molecule is COc1cc(C2/C(=C(\O)c3ccc(OCc4cccc(C)c4)cc3)C(=O)C(=O)N2c2nccs2)cc(OC)c1OC. The van der Waals surface area contributed by atoms with E-state index in [0.717, 1.165) is 11.1 Å². The summed E-state index contributed by atoms with van der Waals surface area (Å²) < 4.78 is 22.4. The molecule has 10 heteroatoms. The number of thiazole rings is 1. The third kappa shape index (κ3) is 5.33. The van der Waals surface area contributed by atoms with E-state index in [4.69, 9.17) is 18.9 Å². The summed E-state index contributed by atoms with van der Waals surface area (Å²) in [5.41, 5.74) is 2.90. The number of ketones is 1. The summed E-state index contributed by atoms with van der Waals surface area (Å²) >= 11 is 1.20. The van der Waals surface area contributed by atoms with Gasteiger partial charge >= 0.3 is 5.91 Å². The van der Waals surface area contributed by atoms with Crippen molar-refractivity contribution in [1.29, 1.82) is 0 Å². The Morgan fingerprint density at radius 3 is 2.27 bits per heavy atom. The smallest absolute Gasteiger partial charge is 0.301 e. The van der Waals surface area contributed by atoms with E-state index in [1.807, 2.05) is 31.2 Å². The molecule has 9 nitrogen and oxygen atoms in total. The molecule has 4 aromatic rings. The summed E-state index contributed by atoms with van der Waals surface area (Å²) in [5, 5.41) is 13.5. The number of ether oxygens (including phenoxy) is 4. The molecular weight excluding hydrogens is 544 g/mol. The molecule has 0 aliphatic carbocycles. The minimum absolute atomic E-state index is 0.0899. The van der Waals surface area contributed by atoms with Crippen molar-refractivity contribution in [2.45, 2.75) is 19.6 Å². The topological polar surface area (TPSA) is 107 Å². The van der Waals surface area contributed by atoms with Crippen LogP contribution in [0.3, 0.4) is 0 Å². The summed E-state index contributed by atoms with van der Waals surface area (Å²) in [7, 11) is 4.43. The van der Waals surface area contributed by atoms with Gasteiger partial charge in [0.15, 0.2) is 16.6 Å². The molecule has 0 radical (unpaired) electrons. The summed E-state index contributed by atoms with van der Waals surface area (Å²) in [6.07, 6.45) is 1.54. The Hall–Kier alpha value is -4.83. The van der Waals surface area contributed by atoms with Crippen LogP contribution < -0.4 is 23.8 Å².